The Bertz CT molecular complexity index is 586. The Morgan fingerprint density at radius 2 is 1.67 bits per heavy atom. The van der Waals surface area contributed by atoms with Gasteiger partial charge in [-0.3, -0.25) is 9.59 Å². The maximum Gasteiger partial charge on any atom is 0.516 e. The number of esters is 2. The van der Waals surface area contributed by atoms with Gasteiger partial charge in [0.1, 0.15) is 13.2 Å². The van der Waals surface area contributed by atoms with E-state index in [1.54, 1.807) is 0 Å². The Hall–Kier alpha value is -2.11. The van der Waals surface area contributed by atoms with Gasteiger partial charge in [-0.2, -0.15) is 21.6 Å². The summed E-state index contributed by atoms with van der Waals surface area (Å²) in [5, 5.41) is 0. The fourth-order valence-corrected chi connectivity index (χ4v) is 1.93. The van der Waals surface area contributed by atoms with Crippen molar-refractivity contribution in [3.05, 3.63) is 12.7 Å². The molecule has 0 aromatic carbocycles. The molecule has 8 nitrogen and oxygen atoms in total. The van der Waals surface area contributed by atoms with E-state index in [0.717, 1.165) is 6.08 Å². The molecule has 0 rings (SSSR count). The van der Waals surface area contributed by atoms with Crippen LogP contribution in [0.25, 0.3) is 0 Å². The van der Waals surface area contributed by atoms with Crippen molar-refractivity contribution in [3.8, 4) is 0 Å². The van der Waals surface area contributed by atoms with E-state index >= 15 is 0 Å². The molecule has 24 heavy (non-hydrogen) atoms. The average molecular weight is 375 g/mol. The Morgan fingerprint density at radius 1 is 1.12 bits per heavy atom. The molecule has 0 aliphatic carbocycles. The minimum absolute atomic E-state index is 0.206. The Balaban J connectivity index is 4.15. The van der Waals surface area contributed by atoms with Crippen LogP contribution < -0.4 is 0 Å². The first kappa shape index (κ1) is 21.9. The lowest BCUT2D eigenvalue weighted by atomic mass is 10.2. The molecule has 0 saturated carbocycles. The van der Waals surface area contributed by atoms with Gasteiger partial charge in [-0.25, -0.2) is 9.10 Å². The highest BCUT2D eigenvalue weighted by Gasteiger charge is 2.50. The van der Waals surface area contributed by atoms with Crippen LogP contribution in [-0.2, 0) is 33.9 Å². The van der Waals surface area contributed by atoms with Crippen molar-refractivity contribution in [2.75, 3.05) is 20.3 Å². The van der Waals surface area contributed by atoms with Crippen LogP contribution >= 0.6 is 0 Å². The van der Waals surface area contributed by atoms with Gasteiger partial charge in [0, 0.05) is 26.0 Å². The van der Waals surface area contributed by atoms with Crippen LogP contribution in [0.5, 0.6) is 0 Å². The number of carbonyl (C=O) groups is 3. The Morgan fingerprint density at radius 3 is 2.17 bits per heavy atom. The molecule has 0 bridgehead atoms. The van der Waals surface area contributed by atoms with E-state index in [1.807, 2.05) is 0 Å². The number of rotatable bonds is 9. The van der Waals surface area contributed by atoms with Crippen LogP contribution in [0.2, 0.25) is 0 Å². The number of carbonyl (C=O) groups excluding carboxylic acids is 3. The summed E-state index contributed by atoms with van der Waals surface area (Å²) >= 11 is 0. The summed E-state index contributed by atoms with van der Waals surface area (Å²) in [6.07, 6.45) is -0.200. The van der Waals surface area contributed by atoms with Gasteiger partial charge in [0.25, 0.3) is 0 Å². The summed E-state index contributed by atoms with van der Waals surface area (Å²) in [7, 11) is -5.26. The monoisotopic (exact) mass is 375 g/mol. The van der Waals surface area contributed by atoms with Crippen LogP contribution in [0.15, 0.2) is 12.7 Å². The number of nitrogens with zero attached hydrogens (tertiary/aromatic N) is 1. The van der Waals surface area contributed by atoms with Crippen molar-refractivity contribution in [1.29, 1.82) is 0 Å². The fraction of sp³-hybridized carbons (Fsp3) is 0.583. The number of hydrogen-bond donors (Lipinski definition) is 0. The first-order valence-corrected chi connectivity index (χ1v) is 7.90. The summed E-state index contributed by atoms with van der Waals surface area (Å²) in [5.41, 5.74) is -5.58. The maximum atomic E-state index is 12.3. The van der Waals surface area contributed by atoms with E-state index in [4.69, 9.17) is 0 Å². The standard InChI is InChI=1S/C12H16F3NO7S/c1-3-10(18)22-7-8-23-11(19)6-4-5-9(17)16(2)24(20,21)12(13,14)15/h3H,1,4-8H2,2H3. The highest BCUT2D eigenvalue weighted by Crippen LogP contribution is 2.26. The second-order valence-corrected chi connectivity index (χ2v) is 6.22. The highest BCUT2D eigenvalue weighted by molar-refractivity contribution is 7.90. The third-order valence-electron chi connectivity index (χ3n) is 2.53. The van der Waals surface area contributed by atoms with Gasteiger partial charge in [-0.05, 0) is 6.42 Å². The number of halogens is 3. The van der Waals surface area contributed by atoms with Gasteiger partial charge in [-0.15, -0.1) is 0 Å². The first-order valence-electron chi connectivity index (χ1n) is 6.46. The Kier molecular flexibility index (Phi) is 8.44. The van der Waals surface area contributed by atoms with Crippen molar-refractivity contribution in [1.82, 2.24) is 4.31 Å². The molecule has 0 heterocycles. The summed E-state index contributed by atoms with van der Waals surface area (Å²) in [4.78, 5) is 33.3. The molecular formula is C12H16F3NO7S. The van der Waals surface area contributed by atoms with Crippen LogP contribution in [0.1, 0.15) is 19.3 Å². The number of amides is 1. The zero-order valence-corrected chi connectivity index (χ0v) is 13.5. The highest BCUT2D eigenvalue weighted by atomic mass is 32.2. The van der Waals surface area contributed by atoms with E-state index in [9.17, 15) is 36.0 Å². The second kappa shape index (κ2) is 9.25. The van der Waals surface area contributed by atoms with Crippen LogP contribution in [0, 0.1) is 0 Å². The minimum atomic E-state index is -5.74. The van der Waals surface area contributed by atoms with Crippen LogP contribution in [0.4, 0.5) is 13.2 Å². The van der Waals surface area contributed by atoms with Gasteiger partial charge < -0.3 is 9.47 Å². The second-order valence-electron chi connectivity index (χ2n) is 4.26. The van der Waals surface area contributed by atoms with Gasteiger partial charge >= 0.3 is 27.5 Å². The molecule has 0 spiro atoms. The Labute approximate surface area is 136 Å². The molecule has 0 aliphatic heterocycles. The molecule has 0 aromatic rings. The lowest BCUT2D eigenvalue weighted by molar-refractivity contribution is -0.149. The quantitative estimate of drug-likeness (QED) is 0.332. The van der Waals surface area contributed by atoms with Gasteiger partial charge in [0.15, 0.2) is 0 Å². The molecule has 0 saturated heterocycles. The minimum Gasteiger partial charge on any atom is -0.462 e. The van der Waals surface area contributed by atoms with Crippen molar-refractivity contribution in [3.63, 3.8) is 0 Å². The molecule has 0 fully saturated rings. The van der Waals surface area contributed by atoms with Gasteiger partial charge in [0.2, 0.25) is 5.91 Å². The van der Waals surface area contributed by atoms with Crippen LogP contribution in [0.3, 0.4) is 0 Å². The third kappa shape index (κ3) is 6.98. The number of hydrogen-bond acceptors (Lipinski definition) is 7. The van der Waals surface area contributed by atoms with Crippen molar-refractivity contribution < 1.29 is 45.4 Å². The third-order valence-corrected chi connectivity index (χ3v) is 4.04. The fourth-order valence-electron chi connectivity index (χ4n) is 1.26. The number of alkyl halides is 3. The normalized spacial score (nSPS) is 11.5. The van der Waals surface area contributed by atoms with Gasteiger partial charge in [-0.1, -0.05) is 6.58 Å². The van der Waals surface area contributed by atoms with E-state index in [0.29, 0.717) is 7.05 Å². The molecule has 0 aliphatic rings. The van der Waals surface area contributed by atoms with E-state index in [1.165, 1.54) is 0 Å². The summed E-state index contributed by atoms with van der Waals surface area (Å²) in [6.45, 7) is 2.70. The zero-order valence-electron chi connectivity index (χ0n) is 12.7. The zero-order chi connectivity index (χ0) is 19.0. The number of ether oxygens (including phenoxy) is 2. The lowest BCUT2D eigenvalue weighted by Crippen LogP contribution is -2.41. The predicted molar refractivity (Wildman–Crippen MR) is 73.7 cm³/mol. The molecular weight excluding hydrogens is 359 g/mol. The smallest absolute Gasteiger partial charge is 0.462 e. The summed E-state index contributed by atoms with van der Waals surface area (Å²) in [5.74, 6) is -2.79. The molecule has 1 amide bonds. The van der Waals surface area contributed by atoms with Crippen molar-refractivity contribution in [2.45, 2.75) is 24.8 Å². The molecule has 0 radical (unpaired) electrons. The van der Waals surface area contributed by atoms with E-state index in [2.05, 4.69) is 16.1 Å². The molecule has 12 heteroatoms. The largest absolute Gasteiger partial charge is 0.516 e. The summed E-state index contributed by atoms with van der Waals surface area (Å²) < 4.78 is 67.5. The molecule has 138 valence electrons. The first-order chi connectivity index (χ1) is 10.9. The van der Waals surface area contributed by atoms with Gasteiger partial charge in [0.05, 0.1) is 0 Å². The SMILES string of the molecule is C=CC(=O)OCCOC(=O)CCCC(=O)N(C)S(=O)(=O)C(F)(F)F. The summed E-state index contributed by atoms with van der Waals surface area (Å²) in [6, 6.07) is 0. The predicted octanol–water partition coefficient (Wildman–Crippen LogP) is 0.737. The topological polar surface area (TPSA) is 107 Å². The van der Waals surface area contributed by atoms with E-state index in [-0.39, 0.29) is 26.1 Å². The molecule has 0 N–H and O–H groups in total. The van der Waals surface area contributed by atoms with Crippen molar-refractivity contribution >= 4 is 27.9 Å². The van der Waals surface area contributed by atoms with Crippen LogP contribution in [-0.4, -0.2) is 56.3 Å². The van der Waals surface area contributed by atoms with E-state index < -0.39 is 44.1 Å². The lowest BCUT2D eigenvalue weighted by Gasteiger charge is -2.18. The molecule has 0 aromatic heterocycles. The number of sulfonamides is 1. The maximum absolute atomic E-state index is 12.3. The average Bonchev–Trinajstić information content (AvgIpc) is 2.49. The molecule has 0 atom stereocenters. The molecule has 0 unspecified atom stereocenters. The van der Waals surface area contributed by atoms with Crippen molar-refractivity contribution in [2.24, 2.45) is 0 Å².